The molecule has 102 valence electrons. The molecule has 2 nitrogen and oxygen atoms in total. The van der Waals surface area contributed by atoms with Crippen LogP contribution < -0.4 is 5.73 Å². The van der Waals surface area contributed by atoms with Gasteiger partial charge in [-0.2, -0.15) is 0 Å². The van der Waals surface area contributed by atoms with Crippen molar-refractivity contribution in [3.63, 3.8) is 0 Å². The van der Waals surface area contributed by atoms with Gasteiger partial charge < -0.3 is 10.3 Å². The standard InChI is InChI=1S/C18H20N2/c1-14-16(11-7-13-19)17-10-5-6-12-18(17)20(14)15-8-3-2-4-9-15/h2-6,8-10,12H,7,11,13,19H2,1H3. The van der Waals surface area contributed by atoms with Crippen molar-refractivity contribution in [3.8, 4) is 5.69 Å². The number of benzene rings is 2. The molecule has 0 saturated heterocycles. The van der Waals surface area contributed by atoms with Gasteiger partial charge in [-0.3, -0.25) is 0 Å². The van der Waals surface area contributed by atoms with Crippen LogP contribution in [0.5, 0.6) is 0 Å². The summed E-state index contributed by atoms with van der Waals surface area (Å²) in [4.78, 5) is 0. The molecule has 0 fully saturated rings. The predicted octanol–water partition coefficient (Wildman–Crippen LogP) is 3.83. The summed E-state index contributed by atoms with van der Waals surface area (Å²) >= 11 is 0. The summed E-state index contributed by atoms with van der Waals surface area (Å²) < 4.78 is 2.35. The van der Waals surface area contributed by atoms with Gasteiger partial charge in [-0.15, -0.1) is 0 Å². The van der Waals surface area contributed by atoms with Crippen molar-refractivity contribution in [2.45, 2.75) is 19.8 Å². The minimum absolute atomic E-state index is 0.740. The van der Waals surface area contributed by atoms with Gasteiger partial charge in [-0.05, 0) is 50.1 Å². The van der Waals surface area contributed by atoms with E-state index in [2.05, 4.69) is 66.1 Å². The quantitative estimate of drug-likeness (QED) is 0.763. The lowest BCUT2D eigenvalue weighted by atomic mass is 10.1. The molecule has 3 rings (SSSR count). The Bertz CT molecular complexity index is 711. The van der Waals surface area contributed by atoms with Crippen molar-refractivity contribution in [2.24, 2.45) is 5.73 Å². The van der Waals surface area contributed by atoms with Crippen LogP contribution in [0.15, 0.2) is 54.6 Å². The van der Waals surface area contributed by atoms with Gasteiger partial charge >= 0.3 is 0 Å². The van der Waals surface area contributed by atoms with Crippen LogP contribution in [-0.2, 0) is 6.42 Å². The molecular formula is C18H20N2. The van der Waals surface area contributed by atoms with E-state index in [0.29, 0.717) is 0 Å². The predicted molar refractivity (Wildman–Crippen MR) is 85.4 cm³/mol. The number of hydrogen-bond donors (Lipinski definition) is 1. The first kappa shape index (κ1) is 12.9. The van der Waals surface area contributed by atoms with E-state index in [1.165, 1.54) is 27.8 Å². The lowest BCUT2D eigenvalue weighted by molar-refractivity contribution is 0.827. The first-order chi connectivity index (χ1) is 9.83. The summed E-state index contributed by atoms with van der Waals surface area (Å²) in [5, 5.41) is 1.35. The molecule has 0 bridgehead atoms. The molecule has 1 aromatic heterocycles. The lowest BCUT2D eigenvalue weighted by Gasteiger charge is -2.08. The van der Waals surface area contributed by atoms with Gasteiger partial charge in [0.2, 0.25) is 0 Å². The molecule has 2 heteroatoms. The number of para-hydroxylation sites is 2. The molecule has 3 aromatic rings. The zero-order valence-corrected chi connectivity index (χ0v) is 11.8. The van der Waals surface area contributed by atoms with Crippen molar-refractivity contribution in [2.75, 3.05) is 6.54 Å². The second-order valence-electron chi connectivity index (χ2n) is 5.14. The van der Waals surface area contributed by atoms with E-state index in [-0.39, 0.29) is 0 Å². The Kier molecular flexibility index (Phi) is 3.57. The highest BCUT2D eigenvalue weighted by atomic mass is 15.0. The fourth-order valence-corrected chi connectivity index (χ4v) is 2.94. The van der Waals surface area contributed by atoms with Gasteiger partial charge in [-0.1, -0.05) is 36.4 Å². The molecule has 0 aliphatic carbocycles. The third-order valence-electron chi connectivity index (χ3n) is 3.89. The van der Waals surface area contributed by atoms with E-state index in [0.717, 1.165) is 19.4 Å². The maximum atomic E-state index is 5.68. The summed E-state index contributed by atoms with van der Waals surface area (Å²) in [6.07, 6.45) is 2.08. The van der Waals surface area contributed by atoms with Crippen LogP contribution in [0, 0.1) is 6.92 Å². The first-order valence-corrected chi connectivity index (χ1v) is 7.17. The molecule has 1 heterocycles. The second-order valence-corrected chi connectivity index (χ2v) is 5.14. The molecule has 2 N–H and O–H groups in total. The monoisotopic (exact) mass is 264 g/mol. The Balaban J connectivity index is 2.24. The molecule has 0 saturated carbocycles. The van der Waals surface area contributed by atoms with Crippen molar-refractivity contribution in [3.05, 3.63) is 65.9 Å². The van der Waals surface area contributed by atoms with E-state index in [9.17, 15) is 0 Å². The number of hydrogen-bond acceptors (Lipinski definition) is 1. The van der Waals surface area contributed by atoms with Crippen LogP contribution in [0.1, 0.15) is 17.7 Å². The second kappa shape index (κ2) is 5.51. The zero-order valence-electron chi connectivity index (χ0n) is 11.8. The van der Waals surface area contributed by atoms with Crippen molar-refractivity contribution in [1.29, 1.82) is 0 Å². The number of aryl methyl sites for hydroxylation is 1. The van der Waals surface area contributed by atoms with Crippen LogP contribution in [0.2, 0.25) is 0 Å². The van der Waals surface area contributed by atoms with Crippen molar-refractivity contribution < 1.29 is 0 Å². The number of nitrogens with zero attached hydrogens (tertiary/aromatic N) is 1. The van der Waals surface area contributed by atoms with Crippen LogP contribution in [0.25, 0.3) is 16.6 Å². The van der Waals surface area contributed by atoms with E-state index in [1.54, 1.807) is 0 Å². The smallest absolute Gasteiger partial charge is 0.0534 e. The fraction of sp³-hybridized carbons (Fsp3) is 0.222. The maximum Gasteiger partial charge on any atom is 0.0534 e. The lowest BCUT2D eigenvalue weighted by Crippen LogP contribution is -2.02. The number of fused-ring (bicyclic) bond motifs is 1. The Morgan fingerprint density at radius 1 is 0.950 bits per heavy atom. The first-order valence-electron chi connectivity index (χ1n) is 7.17. The Labute approximate surface area is 119 Å². The highest BCUT2D eigenvalue weighted by molar-refractivity contribution is 5.87. The van der Waals surface area contributed by atoms with E-state index < -0.39 is 0 Å². The summed E-state index contributed by atoms with van der Waals surface area (Å²) in [5.74, 6) is 0. The number of rotatable bonds is 4. The molecule has 20 heavy (non-hydrogen) atoms. The highest BCUT2D eigenvalue weighted by Gasteiger charge is 2.13. The summed E-state index contributed by atoms with van der Waals surface area (Å²) in [7, 11) is 0. The largest absolute Gasteiger partial charge is 0.330 e. The topological polar surface area (TPSA) is 30.9 Å². The zero-order chi connectivity index (χ0) is 13.9. The van der Waals surface area contributed by atoms with Crippen LogP contribution in [0.3, 0.4) is 0 Å². The molecule has 0 atom stereocenters. The number of nitrogens with two attached hydrogens (primary N) is 1. The summed E-state index contributed by atoms with van der Waals surface area (Å²) in [6.45, 7) is 2.95. The SMILES string of the molecule is Cc1c(CCCN)c2ccccc2n1-c1ccccc1. The van der Waals surface area contributed by atoms with Crippen molar-refractivity contribution >= 4 is 10.9 Å². The highest BCUT2D eigenvalue weighted by Crippen LogP contribution is 2.29. The maximum absolute atomic E-state index is 5.68. The Morgan fingerprint density at radius 3 is 2.40 bits per heavy atom. The fourth-order valence-electron chi connectivity index (χ4n) is 2.94. The van der Waals surface area contributed by atoms with Gasteiger partial charge in [0.05, 0.1) is 5.52 Å². The molecular weight excluding hydrogens is 244 g/mol. The molecule has 0 amide bonds. The van der Waals surface area contributed by atoms with E-state index in [1.807, 2.05) is 0 Å². The third kappa shape index (κ3) is 2.12. The minimum atomic E-state index is 0.740. The Hall–Kier alpha value is -2.06. The minimum Gasteiger partial charge on any atom is -0.330 e. The van der Waals surface area contributed by atoms with Gasteiger partial charge in [0.1, 0.15) is 0 Å². The van der Waals surface area contributed by atoms with Gasteiger partial charge in [0.15, 0.2) is 0 Å². The summed E-state index contributed by atoms with van der Waals surface area (Å²) in [6, 6.07) is 19.2. The normalized spacial score (nSPS) is 11.1. The average molecular weight is 264 g/mol. The van der Waals surface area contributed by atoms with Crippen LogP contribution in [0.4, 0.5) is 0 Å². The molecule has 0 unspecified atom stereocenters. The number of aromatic nitrogens is 1. The van der Waals surface area contributed by atoms with Gasteiger partial charge in [0.25, 0.3) is 0 Å². The molecule has 0 aliphatic rings. The summed E-state index contributed by atoms with van der Waals surface area (Å²) in [5.41, 5.74) is 10.9. The molecule has 0 radical (unpaired) electrons. The Morgan fingerprint density at radius 2 is 1.65 bits per heavy atom. The van der Waals surface area contributed by atoms with Gasteiger partial charge in [0, 0.05) is 16.8 Å². The van der Waals surface area contributed by atoms with E-state index >= 15 is 0 Å². The average Bonchev–Trinajstić information content (AvgIpc) is 2.78. The van der Waals surface area contributed by atoms with Crippen molar-refractivity contribution in [1.82, 2.24) is 4.57 Å². The van der Waals surface area contributed by atoms with Crippen LogP contribution >= 0.6 is 0 Å². The molecule has 0 spiro atoms. The molecule has 0 aliphatic heterocycles. The van der Waals surface area contributed by atoms with Crippen LogP contribution in [-0.4, -0.2) is 11.1 Å². The third-order valence-corrected chi connectivity index (χ3v) is 3.89. The van der Waals surface area contributed by atoms with E-state index in [4.69, 9.17) is 5.73 Å². The molecule has 2 aromatic carbocycles. The van der Waals surface area contributed by atoms with Gasteiger partial charge in [-0.25, -0.2) is 0 Å².